The van der Waals surface area contributed by atoms with Gasteiger partial charge >= 0.3 is 0 Å². The van der Waals surface area contributed by atoms with E-state index < -0.39 is 0 Å². The van der Waals surface area contributed by atoms with Crippen molar-refractivity contribution in [3.63, 3.8) is 0 Å². The number of anilines is 1. The molecule has 0 aromatic heterocycles. The maximum absolute atomic E-state index is 12.9. The Morgan fingerprint density at radius 2 is 1.67 bits per heavy atom. The molecular weight excluding hydrogens is 340 g/mol. The number of likely N-dealkylation sites (tertiary alicyclic amines) is 1. The molecule has 1 heterocycles. The lowest BCUT2D eigenvalue weighted by Crippen LogP contribution is -2.37. The second-order valence-electron chi connectivity index (χ2n) is 6.73. The molecule has 0 aliphatic carbocycles. The first-order valence-corrected chi connectivity index (χ1v) is 9.33. The van der Waals surface area contributed by atoms with Crippen LogP contribution in [0.4, 0.5) is 5.69 Å². The van der Waals surface area contributed by atoms with E-state index in [0.717, 1.165) is 24.0 Å². The predicted molar refractivity (Wildman–Crippen MR) is 104 cm³/mol. The van der Waals surface area contributed by atoms with Gasteiger partial charge in [0.1, 0.15) is 6.29 Å². The van der Waals surface area contributed by atoms with Gasteiger partial charge < -0.3 is 14.6 Å². The van der Waals surface area contributed by atoms with Crippen molar-refractivity contribution in [1.82, 2.24) is 4.90 Å². The summed E-state index contributed by atoms with van der Waals surface area (Å²) in [4.78, 5) is 39.7. The summed E-state index contributed by atoms with van der Waals surface area (Å²) in [6.45, 7) is 1.06. The first kappa shape index (κ1) is 18.8. The monoisotopic (exact) mass is 364 g/mol. The topological polar surface area (TPSA) is 57.7 Å². The molecule has 0 N–H and O–H groups in total. The van der Waals surface area contributed by atoms with Crippen molar-refractivity contribution in [2.75, 3.05) is 11.4 Å². The predicted octanol–water partition coefficient (Wildman–Crippen LogP) is 3.19. The van der Waals surface area contributed by atoms with Crippen molar-refractivity contribution in [3.8, 4) is 0 Å². The number of carbonyl (C=O) groups is 3. The van der Waals surface area contributed by atoms with E-state index in [1.54, 1.807) is 9.80 Å². The molecule has 1 saturated heterocycles. The van der Waals surface area contributed by atoms with Gasteiger partial charge in [0, 0.05) is 25.1 Å². The lowest BCUT2D eigenvalue weighted by atomic mass is 10.1. The average molecular weight is 364 g/mol. The zero-order chi connectivity index (χ0) is 19.1. The zero-order valence-electron chi connectivity index (χ0n) is 15.3. The Morgan fingerprint density at radius 3 is 2.33 bits per heavy atom. The van der Waals surface area contributed by atoms with Crippen molar-refractivity contribution in [2.24, 2.45) is 0 Å². The summed E-state index contributed by atoms with van der Waals surface area (Å²) in [6, 6.07) is 18.9. The summed E-state index contributed by atoms with van der Waals surface area (Å²) >= 11 is 0. The van der Waals surface area contributed by atoms with E-state index in [1.165, 1.54) is 0 Å². The first-order chi connectivity index (χ1) is 13.2. The second kappa shape index (κ2) is 9.12. The van der Waals surface area contributed by atoms with Crippen LogP contribution in [0.1, 0.15) is 31.2 Å². The van der Waals surface area contributed by atoms with E-state index in [9.17, 15) is 14.4 Å². The number of para-hydroxylation sites is 1. The Balaban J connectivity index is 1.67. The van der Waals surface area contributed by atoms with Crippen LogP contribution in [-0.4, -0.2) is 35.6 Å². The van der Waals surface area contributed by atoms with Gasteiger partial charge in [-0.2, -0.15) is 0 Å². The summed E-state index contributed by atoms with van der Waals surface area (Å²) in [5.74, 6) is -0.217. The fourth-order valence-corrected chi connectivity index (χ4v) is 3.43. The van der Waals surface area contributed by atoms with Crippen LogP contribution < -0.4 is 4.90 Å². The number of rotatable bonds is 7. The van der Waals surface area contributed by atoms with Gasteiger partial charge in [0.15, 0.2) is 0 Å². The second-order valence-corrected chi connectivity index (χ2v) is 6.73. The third-order valence-corrected chi connectivity index (χ3v) is 4.88. The lowest BCUT2D eigenvalue weighted by Gasteiger charge is -2.24. The van der Waals surface area contributed by atoms with E-state index in [4.69, 9.17) is 0 Å². The minimum atomic E-state index is -0.331. The van der Waals surface area contributed by atoms with E-state index >= 15 is 0 Å². The van der Waals surface area contributed by atoms with Crippen molar-refractivity contribution < 1.29 is 14.4 Å². The fourth-order valence-electron chi connectivity index (χ4n) is 3.43. The van der Waals surface area contributed by atoms with E-state index in [0.29, 0.717) is 19.5 Å². The highest BCUT2D eigenvalue weighted by molar-refractivity contribution is 5.95. The van der Waals surface area contributed by atoms with Crippen molar-refractivity contribution in [3.05, 3.63) is 66.2 Å². The largest absolute Gasteiger partial charge is 0.333 e. The van der Waals surface area contributed by atoms with Crippen molar-refractivity contribution >= 4 is 23.8 Å². The number of hydrogen-bond acceptors (Lipinski definition) is 3. The molecule has 1 aliphatic heterocycles. The van der Waals surface area contributed by atoms with Gasteiger partial charge in [-0.05, 0) is 30.5 Å². The molecule has 140 valence electrons. The van der Waals surface area contributed by atoms with E-state index in [2.05, 4.69) is 0 Å². The molecule has 27 heavy (non-hydrogen) atoms. The normalized spacial score (nSPS) is 16.1. The maximum Gasteiger partial charge on any atom is 0.227 e. The van der Waals surface area contributed by atoms with E-state index in [1.807, 2.05) is 60.7 Å². The third kappa shape index (κ3) is 4.82. The number of aldehydes is 1. The van der Waals surface area contributed by atoms with Gasteiger partial charge in [-0.3, -0.25) is 9.59 Å². The number of amides is 2. The zero-order valence-corrected chi connectivity index (χ0v) is 15.3. The molecule has 0 spiro atoms. The van der Waals surface area contributed by atoms with Crippen molar-refractivity contribution in [2.45, 2.75) is 38.3 Å². The standard InChI is InChI=1S/C22H24N2O3/c25-17-20-12-7-15-23(20)21(26)13-14-22(27)24(19-10-5-2-6-11-19)16-18-8-3-1-4-9-18/h1-6,8-11,17,20H,7,12-16H2/t20-/m0/s1. The minimum absolute atomic E-state index is 0.0970. The van der Waals surface area contributed by atoms with Gasteiger partial charge in [0.2, 0.25) is 11.8 Å². The van der Waals surface area contributed by atoms with Crippen LogP contribution in [0.3, 0.4) is 0 Å². The van der Waals surface area contributed by atoms with Gasteiger partial charge in [-0.1, -0.05) is 48.5 Å². The Bertz CT molecular complexity index is 777. The summed E-state index contributed by atoms with van der Waals surface area (Å²) < 4.78 is 0. The van der Waals surface area contributed by atoms with Crippen LogP contribution in [0.5, 0.6) is 0 Å². The smallest absolute Gasteiger partial charge is 0.227 e. The van der Waals surface area contributed by atoms with Crippen LogP contribution in [0.25, 0.3) is 0 Å². The first-order valence-electron chi connectivity index (χ1n) is 9.33. The van der Waals surface area contributed by atoms with Crippen LogP contribution in [-0.2, 0) is 20.9 Å². The molecule has 5 nitrogen and oxygen atoms in total. The highest BCUT2D eigenvalue weighted by atomic mass is 16.2. The molecule has 3 rings (SSSR count). The fraction of sp³-hybridized carbons (Fsp3) is 0.318. The Hall–Kier alpha value is -2.95. The minimum Gasteiger partial charge on any atom is -0.333 e. The molecule has 0 bridgehead atoms. The van der Waals surface area contributed by atoms with E-state index in [-0.39, 0.29) is 30.7 Å². The van der Waals surface area contributed by atoms with Gasteiger partial charge in [-0.15, -0.1) is 0 Å². The highest BCUT2D eigenvalue weighted by Crippen LogP contribution is 2.20. The number of carbonyl (C=O) groups excluding carboxylic acids is 3. The number of benzene rings is 2. The molecule has 2 amide bonds. The maximum atomic E-state index is 12.9. The number of nitrogens with zero attached hydrogens (tertiary/aromatic N) is 2. The Kier molecular flexibility index (Phi) is 6.36. The highest BCUT2D eigenvalue weighted by Gasteiger charge is 2.28. The van der Waals surface area contributed by atoms with Gasteiger partial charge in [0.25, 0.3) is 0 Å². The third-order valence-electron chi connectivity index (χ3n) is 4.88. The van der Waals surface area contributed by atoms with Crippen LogP contribution in [0, 0.1) is 0 Å². The molecule has 0 radical (unpaired) electrons. The molecule has 0 saturated carbocycles. The van der Waals surface area contributed by atoms with Gasteiger partial charge in [-0.25, -0.2) is 0 Å². The van der Waals surface area contributed by atoms with Crippen molar-refractivity contribution in [1.29, 1.82) is 0 Å². The Morgan fingerprint density at radius 1 is 1.00 bits per heavy atom. The SMILES string of the molecule is O=C[C@@H]1CCCN1C(=O)CCC(=O)N(Cc1ccccc1)c1ccccc1. The molecule has 1 atom stereocenters. The summed E-state index contributed by atoms with van der Waals surface area (Å²) in [7, 11) is 0. The lowest BCUT2D eigenvalue weighted by molar-refractivity contribution is -0.135. The molecule has 1 aliphatic rings. The molecule has 5 heteroatoms. The van der Waals surface area contributed by atoms with Crippen LogP contribution in [0.15, 0.2) is 60.7 Å². The quantitative estimate of drug-likeness (QED) is 0.709. The molecular formula is C22H24N2O3. The van der Waals surface area contributed by atoms with Crippen LogP contribution in [0.2, 0.25) is 0 Å². The Labute approximate surface area is 159 Å². The van der Waals surface area contributed by atoms with Gasteiger partial charge in [0.05, 0.1) is 12.6 Å². The molecule has 1 fully saturated rings. The summed E-state index contributed by atoms with van der Waals surface area (Å²) in [5.41, 5.74) is 1.84. The van der Waals surface area contributed by atoms with Crippen LogP contribution >= 0.6 is 0 Å². The summed E-state index contributed by atoms with van der Waals surface area (Å²) in [6.07, 6.45) is 2.64. The summed E-state index contributed by atoms with van der Waals surface area (Å²) in [5, 5.41) is 0. The number of hydrogen-bond donors (Lipinski definition) is 0. The average Bonchev–Trinajstić information content (AvgIpc) is 3.20. The molecule has 2 aromatic rings. The molecule has 0 unspecified atom stereocenters. The molecule has 2 aromatic carbocycles.